The molecule has 1 saturated heterocycles. The third-order valence-corrected chi connectivity index (χ3v) is 6.97. The van der Waals surface area contributed by atoms with E-state index in [-0.39, 0.29) is 11.7 Å². The number of thiazole rings is 1. The first-order chi connectivity index (χ1) is 16.1. The standard InChI is InChI=1S/C26H25N3O3S/c1-32-22-8-6-18(7-9-22)25-27-21(17-33-25)16-28-10-12-29(13-11-28)26(31)23-14-19-4-2-3-5-20(19)15-24(23)30/h2-9,14-15,17,30H,10-13,16H2,1H3. The van der Waals surface area contributed by atoms with Gasteiger partial charge >= 0.3 is 0 Å². The molecule has 0 unspecified atom stereocenters. The maximum atomic E-state index is 13.1. The van der Waals surface area contributed by atoms with Gasteiger partial charge in [-0.25, -0.2) is 4.98 Å². The number of hydrogen-bond donors (Lipinski definition) is 1. The summed E-state index contributed by atoms with van der Waals surface area (Å²) in [6, 6.07) is 19.1. The Balaban J connectivity index is 1.20. The van der Waals surface area contributed by atoms with E-state index in [1.165, 1.54) is 0 Å². The minimum atomic E-state index is -0.117. The lowest BCUT2D eigenvalue weighted by Gasteiger charge is -2.34. The number of aromatic hydroxyl groups is 1. The van der Waals surface area contributed by atoms with Gasteiger partial charge in [0.25, 0.3) is 5.91 Å². The molecule has 0 spiro atoms. The number of phenols is 1. The first-order valence-corrected chi connectivity index (χ1v) is 11.8. The number of ether oxygens (including phenoxy) is 1. The van der Waals surface area contributed by atoms with E-state index in [0.29, 0.717) is 18.7 Å². The number of benzene rings is 3. The van der Waals surface area contributed by atoms with Crippen LogP contribution in [0, 0.1) is 0 Å². The molecule has 1 aliphatic heterocycles. The number of hydrogen-bond acceptors (Lipinski definition) is 6. The summed E-state index contributed by atoms with van der Waals surface area (Å²) in [7, 11) is 1.66. The highest BCUT2D eigenvalue weighted by Gasteiger charge is 2.24. The summed E-state index contributed by atoms with van der Waals surface area (Å²) < 4.78 is 5.22. The number of piperazine rings is 1. The number of methoxy groups -OCH3 is 1. The van der Waals surface area contributed by atoms with Gasteiger partial charge in [-0.2, -0.15) is 0 Å². The molecule has 1 aliphatic rings. The van der Waals surface area contributed by atoms with E-state index < -0.39 is 0 Å². The molecule has 0 aliphatic carbocycles. The zero-order valence-corrected chi connectivity index (χ0v) is 19.2. The van der Waals surface area contributed by atoms with Crippen molar-refractivity contribution in [3.63, 3.8) is 0 Å². The summed E-state index contributed by atoms with van der Waals surface area (Å²) >= 11 is 1.64. The van der Waals surface area contributed by atoms with E-state index in [1.807, 2.05) is 53.4 Å². The Hall–Kier alpha value is -3.42. The van der Waals surface area contributed by atoms with E-state index in [0.717, 1.165) is 52.4 Å². The SMILES string of the molecule is COc1ccc(-c2nc(CN3CCN(C(=O)c4cc5ccccc5cc4O)CC3)cs2)cc1. The second-order valence-corrected chi connectivity index (χ2v) is 9.02. The molecule has 5 rings (SSSR count). The molecule has 3 aromatic carbocycles. The Morgan fingerprint density at radius 1 is 1.03 bits per heavy atom. The number of carbonyl (C=O) groups excluding carboxylic acids is 1. The number of amides is 1. The summed E-state index contributed by atoms with van der Waals surface area (Å²) in [6.07, 6.45) is 0. The molecule has 33 heavy (non-hydrogen) atoms. The van der Waals surface area contributed by atoms with Crippen LogP contribution in [-0.2, 0) is 6.54 Å². The predicted octanol–water partition coefficient (Wildman–Crippen LogP) is 4.64. The molecule has 1 fully saturated rings. The van der Waals surface area contributed by atoms with E-state index >= 15 is 0 Å². The van der Waals surface area contributed by atoms with Crippen molar-refractivity contribution >= 4 is 28.0 Å². The van der Waals surface area contributed by atoms with Crippen LogP contribution in [0.25, 0.3) is 21.3 Å². The smallest absolute Gasteiger partial charge is 0.257 e. The highest BCUT2D eigenvalue weighted by Crippen LogP contribution is 2.28. The maximum Gasteiger partial charge on any atom is 0.257 e. The summed E-state index contributed by atoms with van der Waals surface area (Å²) in [4.78, 5) is 22.0. The minimum absolute atomic E-state index is 0.0367. The Labute approximate surface area is 196 Å². The molecule has 0 radical (unpaired) electrons. The quantitative estimate of drug-likeness (QED) is 0.471. The predicted molar refractivity (Wildman–Crippen MR) is 131 cm³/mol. The molecule has 1 aromatic heterocycles. The summed E-state index contributed by atoms with van der Waals surface area (Å²) in [6.45, 7) is 3.56. The lowest BCUT2D eigenvalue weighted by atomic mass is 10.0. The molecule has 1 N–H and O–H groups in total. The average molecular weight is 460 g/mol. The van der Waals surface area contributed by atoms with Gasteiger partial charge in [0.15, 0.2) is 0 Å². The monoisotopic (exact) mass is 459 g/mol. The Bertz CT molecular complexity index is 1280. The first kappa shape index (κ1) is 21.4. The largest absolute Gasteiger partial charge is 0.507 e. The van der Waals surface area contributed by atoms with Crippen molar-refractivity contribution in [2.45, 2.75) is 6.54 Å². The second kappa shape index (κ2) is 9.21. The van der Waals surface area contributed by atoms with Crippen LogP contribution in [0.15, 0.2) is 66.0 Å². The third kappa shape index (κ3) is 4.55. The number of aromatic nitrogens is 1. The average Bonchev–Trinajstić information content (AvgIpc) is 3.32. The van der Waals surface area contributed by atoms with E-state index in [2.05, 4.69) is 10.3 Å². The van der Waals surface area contributed by atoms with Crippen LogP contribution in [0.4, 0.5) is 0 Å². The van der Waals surface area contributed by atoms with Crippen LogP contribution < -0.4 is 4.74 Å². The molecule has 0 atom stereocenters. The van der Waals surface area contributed by atoms with Crippen molar-refractivity contribution in [1.82, 2.24) is 14.8 Å². The van der Waals surface area contributed by atoms with Gasteiger partial charge in [0.2, 0.25) is 0 Å². The molecule has 168 valence electrons. The fraction of sp³-hybridized carbons (Fsp3) is 0.231. The van der Waals surface area contributed by atoms with Crippen molar-refractivity contribution in [3.8, 4) is 22.1 Å². The minimum Gasteiger partial charge on any atom is -0.507 e. The van der Waals surface area contributed by atoms with Crippen LogP contribution in [0.3, 0.4) is 0 Å². The van der Waals surface area contributed by atoms with Crippen molar-refractivity contribution in [1.29, 1.82) is 0 Å². The van der Waals surface area contributed by atoms with Gasteiger partial charge in [-0.15, -0.1) is 11.3 Å². The molecule has 0 saturated carbocycles. The zero-order chi connectivity index (χ0) is 22.8. The van der Waals surface area contributed by atoms with Gasteiger partial charge in [0.1, 0.15) is 16.5 Å². The van der Waals surface area contributed by atoms with Crippen LogP contribution in [0.5, 0.6) is 11.5 Å². The highest BCUT2D eigenvalue weighted by atomic mass is 32.1. The maximum absolute atomic E-state index is 13.1. The topological polar surface area (TPSA) is 65.9 Å². The number of carbonyl (C=O) groups is 1. The summed E-state index contributed by atoms with van der Waals surface area (Å²) in [5, 5.41) is 15.4. The molecule has 7 heteroatoms. The molecule has 6 nitrogen and oxygen atoms in total. The van der Waals surface area contributed by atoms with Gasteiger partial charge in [0.05, 0.1) is 18.4 Å². The number of rotatable bonds is 5. The molecule has 2 heterocycles. The van der Waals surface area contributed by atoms with E-state index in [4.69, 9.17) is 9.72 Å². The number of fused-ring (bicyclic) bond motifs is 1. The Kier molecular flexibility index (Phi) is 5.98. The van der Waals surface area contributed by atoms with Crippen LogP contribution in [0.1, 0.15) is 16.1 Å². The molecule has 1 amide bonds. The van der Waals surface area contributed by atoms with Crippen molar-refractivity contribution in [2.75, 3.05) is 33.3 Å². The van der Waals surface area contributed by atoms with Crippen molar-refractivity contribution in [2.24, 2.45) is 0 Å². The Morgan fingerprint density at radius 2 is 1.73 bits per heavy atom. The molecular formula is C26H25N3O3S. The first-order valence-electron chi connectivity index (χ1n) is 10.9. The summed E-state index contributed by atoms with van der Waals surface area (Å²) in [5.41, 5.74) is 2.49. The van der Waals surface area contributed by atoms with E-state index in [9.17, 15) is 9.90 Å². The fourth-order valence-electron chi connectivity index (χ4n) is 4.15. The zero-order valence-electron chi connectivity index (χ0n) is 18.4. The molecular weight excluding hydrogens is 434 g/mol. The van der Waals surface area contributed by atoms with Crippen LogP contribution in [0.2, 0.25) is 0 Å². The number of phenolic OH excluding ortho intramolecular Hbond substituents is 1. The van der Waals surface area contributed by atoms with Crippen molar-refractivity contribution < 1.29 is 14.6 Å². The normalized spacial score (nSPS) is 14.5. The van der Waals surface area contributed by atoms with Crippen molar-refractivity contribution in [3.05, 3.63) is 77.3 Å². The van der Waals surface area contributed by atoms with Gasteiger partial charge in [0, 0.05) is 43.7 Å². The van der Waals surface area contributed by atoms with Crippen LogP contribution >= 0.6 is 11.3 Å². The second-order valence-electron chi connectivity index (χ2n) is 8.16. The third-order valence-electron chi connectivity index (χ3n) is 6.03. The Morgan fingerprint density at radius 3 is 2.42 bits per heavy atom. The molecule has 0 bridgehead atoms. The lowest BCUT2D eigenvalue weighted by molar-refractivity contribution is 0.0624. The van der Waals surface area contributed by atoms with Gasteiger partial charge in [-0.3, -0.25) is 9.69 Å². The van der Waals surface area contributed by atoms with Gasteiger partial charge in [-0.05, 0) is 47.2 Å². The van der Waals surface area contributed by atoms with Gasteiger partial charge < -0.3 is 14.7 Å². The lowest BCUT2D eigenvalue weighted by Crippen LogP contribution is -2.48. The van der Waals surface area contributed by atoms with Gasteiger partial charge in [-0.1, -0.05) is 24.3 Å². The number of nitrogens with zero attached hydrogens (tertiary/aromatic N) is 3. The summed E-state index contributed by atoms with van der Waals surface area (Å²) in [5.74, 6) is 0.753. The fourth-order valence-corrected chi connectivity index (χ4v) is 4.97. The highest BCUT2D eigenvalue weighted by molar-refractivity contribution is 7.13. The molecule has 4 aromatic rings. The van der Waals surface area contributed by atoms with Crippen LogP contribution in [-0.4, -0.2) is 59.1 Å². The van der Waals surface area contributed by atoms with E-state index in [1.54, 1.807) is 30.6 Å².